The highest BCUT2D eigenvalue weighted by molar-refractivity contribution is 6.05. The van der Waals surface area contributed by atoms with Crippen LogP contribution in [0.25, 0.3) is 10.9 Å². The molecule has 31 heavy (non-hydrogen) atoms. The van der Waals surface area contributed by atoms with Crippen LogP contribution in [0.3, 0.4) is 0 Å². The third kappa shape index (κ3) is 3.55. The molecule has 0 N–H and O–H groups in total. The first-order valence-corrected chi connectivity index (χ1v) is 10.6. The van der Waals surface area contributed by atoms with Gasteiger partial charge in [0.25, 0.3) is 11.8 Å². The summed E-state index contributed by atoms with van der Waals surface area (Å²) in [7, 11) is 1.78. The highest BCUT2D eigenvalue weighted by Gasteiger charge is 2.38. The summed E-state index contributed by atoms with van der Waals surface area (Å²) in [5, 5.41) is 13.2. The van der Waals surface area contributed by atoms with Gasteiger partial charge in [-0.3, -0.25) is 14.3 Å². The molecule has 4 heterocycles. The molecule has 2 aliphatic heterocycles. The Morgan fingerprint density at radius 1 is 1.16 bits per heavy atom. The number of hydrogen-bond donors (Lipinski definition) is 0. The van der Waals surface area contributed by atoms with Gasteiger partial charge >= 0.3 is 0 Å². The number of para-hydroxylation sites is 1. The zero-order valence-corrected chi connectivity index (χ0v) is 17.3. The molecule has 2 saturated heterocycles. The van der Waals surface area contributed by atoms with Crippen molar-refractivity contribution in [3.63, 3.8) is 0 Å². The molecule has 0 unspecified atom stereocenters. The molecule has 10 heteroatoms. The molecular formula is C21H24FN7O2. The van der Waals surface area contributed by atoms with Crippen LogP contribution in [0.5, 0.6) is 0 Å². The average molecular weight is 425 g/mol. The van der Waals surface area contributed by atoms with Gasteiger partial charge in [0.05, 0.1) is 30.8 Å². The number of carbonyl (C=O) groups excluding carboxylic acids is 2. The molecule has 1 aromatic carbocycles. The molecular weight excluding hydrogens is 401 g/mol. The number of halogens is 1. The monoisotopic (exact) mass is 425 g/mol. The van der Waals surface area contributed by atoms with E-state index in [1.807, 2.05) is 24.3 Å². The third-order valence-corrected chi connectivity index (χ3v) is 6.13. The molecule has 2 amide bonds. The Morgan fingerprint density at radius 3 is 2.74 bits per heavy atom. The molecule has 0 aliphatic carbocycles. The number of rotatable bonds is 4. The van der Waals surface area contributed by atoms with Crippen LogP contribution in [0.1, 0.15) is 40.2 Å². The van der Waals surface area contributed by atoms with Gasteiger partial charge in [0.15, 0.2) is 11.4 Å². The van der Waals surface area contributed by atoms with Crippen molar-refractivity contribution in [3.05, 3.63) is 41.9 Å². The first-order valence-electron chi connectivity index (χ1n) is 10.6. The second-order valence-electron chi connectivity index (χ2n) is 8.26. The van der Waals surface area contributed by atoms with E-state index in [0.29, 0.717) is 5.69 Å². The van der Waals surface area contributed by atoms with Gasteiger partial charge in [0.1, 0.15) is 6.17 Å². The number of likely N-dealkylation sites (tertiary alicyclic amines) is 2. The van der Waals surface area contributed by atoms with Crippen molar-refractivity contribution in [2.45, 2.75) is 38.0 Å². The average Bonchev–Trinajstić information content (AvgIpc) is 3.55. The van der Waals surface area contributed by atoms with Crippen LogP contribution >= 0.6 is 0 Å². The van der Waals surface area contributed by atoms with Crippen LogP contribution < -0.4 is 0 Å². The van der Waals surface area contributed by atoms with E-state index in [2.05, 4.69) is 15.4 Å². The largest absolute Gasteiger partial charge is 0.337 e. The topological polar surface area (TPSA) is 89.2 Å². The quantitative estimate of drug-likeness (QED) is 0.634. The van der Waals surface area contributed by atoms with Crippen LogP contribution in [-0.2, 0) is 13.6 Å². The number of nitrogens with zero attached hydrogens (tertiary/aromatic N) is 7. The zero-order valence-electron chi connectivity index (χ0n) is 17.3. The van der Waals surface area contributed by atoms with E-state index in [4.69, 9.17) is 0 Å². The summed E-state index contributed by atoms with van der Waals surface area (Å²) in [5.74, 6) is -0.429. The summed E-state index contributed by atoms with van der Waals surface area (Å²) < 4.78 is 17.5. The Labute approximate surface area is 178 Å². The van der Waals surface area contributed by atoms with E-state index in [-0.39, 0.29) is 43.1 Å². The van der Waals surface area contributed by atoms with Gasteiger partial charge in [-0.1, -0.05) is 23.4 Å². The van der Waals surface area contributed by atoms with Crippen molar-refractivity contribution in [1.29, 1.82) is 0 Å². The Balaban J connectivity index is 1.35. The van der Waals surface area contributed by atoms with Gasteiger partial charge in [0, 0.05) is 31.9 Å². The molecule has 2 fully saturated rings. The normalized spacial score (nSPS) is 21.4. The van der Waals surface area contributed by atoms with Crippen molar-refractivity contribution in [3.8, 4) is 0 Å². The number of carbonyl (C=O) groups is 2. The fraction of sp³-hybridized carbons (Fsp3) is 0.476. The molecule has 0 spiro atoms. The molecule has 0 saturated carbocycles. The van der Waals surface area contributed by atoms with E-state index in [1.165, 1.54) is 9.58 Å². The van der Waals surface area contributed by atoms with Gasteiger partial charge in [-0.2, -0.15) is 5.10 Å². The highest BCUT2D eigenvalue weighted by atomic mass is 19.1. The lowest BCUT2D eigenvalue weighted by Crippen LogP contribution is -2.38. The van der Waals surface area contributed by atoms with Gasteiger partial charge < -0.3 is 9.80 Å². The van der Waals surface area contributed by atoms with E-state index in [0.717, 1.165) is 36.8 Å². The number of hydrogen-bond acceptors (Lipinski definition) is 5. The molecule has 2 atom stereocenters. The van der Waals surface area contributed by atoms with Crippen LogP contribution in [-0.4, -0.2) is 78.2 Å². The molecule has 3 aromatic rings. The Bertz CT molecular complexity index is 1130. The van der Waals surface area contributed by atoms with Crippen molar-refractivity contribution in [2.75, 3.05) is 19.6 Å². The van der Waals surface area contributed by atoms with Gasteiger partial charge in [-0.15, -0.1) is 5.10 Å². The zero-order chi connectivity index (χ0) is 21.5. The lowest BCUT2D eigenvalue weighted by Gasteiger charge is -2.23. The third-order valence-electron chi connectivity index (χ3n) is 6.13. The number of aromatic nitrogens is 5. The molecule has 2 aliphatic rings. The van der Waals surface area contributed by atoms with Crippen LogP contribution in [0.15, 0.2) is 30.5 Å². The summed E-state index contributed by atoms with van der Waals surface area (Å²) in [4.78, 5) is 29.1. The maximum Gasteiger partial charge on any atom is 0.276 e. The number of fused-ring (bicyclic) bond motifs is 1. The van der Waals surface area contributed by atoms with E-state index in [1.54, 1.807) is 22.8 Å². The standard InChI is InChI=1S/C21H24FN7O2/c1-26-18-7-3-2-6-16(18)19(24-26)21(31)29-11-14(22)10-15(29)12-28-13-17(23-25-28)20(30)27-8-4-5-9-27/h2-3,6-7,13-15H,4-5,8-12H2,1H3/t14-,15-/m0/s1. The maximum atomic E-state index is 14.3. The number of aryl methyl sites for hydroxylation is 1. The van der Waals surface area contributed by atoms with E-state index < -0.39 is 6.17 Å². The lowest BCUT2D eigenvalue weighted by molar-refractivity contribution is 0.0708. The molecule has 162 valence electrons. The maximum absolute atomic E-state index is 14.3. The Kier molecular flexibility index (Phi) is 4.91. The predicted molar refractivity (Wildman–Crippen MR) is 110 cm³/mol. The molecule has 9 nitrogen and oxygen atoms in total. The molecule has 0 radical (unpaired) electrons. The minimum Gasteiger partial charge on any atom is -0.337 e. The summed E-state index contributed by atoms with van der Waals surface area (Å²) in [6, 6.07) is 7.10. The van der Waals surface area contributed by atoms with Gasteiger partial charge in [-0.25, -0.2) is 9.07 Å². The number of alkyl halides is 1. The fourth-order valence-electron chi connectivity index (χ4n) is 4.57. The second-order valence-corrected chi connectivity index (χ2v) is 8.26. The first-order chi connectivity index (χ1) is 15.0. The summed E-state index contributed by atoms with van der Waals surface area (Å²) in [6.07, 6.45) is 2.69. The minimum atomic E-state index is -1.11. The SMILES string of the molecule is Cn1nc(C(=O)N2C[C@@H](F)C[C@H]2Cn2cc(C(=O)N3CCCC3)nn2)c2ccccc21. The summed E-state index contributed by atoms with van der Waals surface area (Å²) >= 11 is 0. The Morgan fingerprint density at radius 2 is 1.94 bits per heavy atom. The predicted octanol–water partition coefficient (Wildman–Crippen LogP) is 1.65. The number of amides is 2. The van der Waals surface area contributed by atoms with E-state index in [9.17, 15) is 14.0 Å². The summed E-state index contributed by atoms with van der Waals surface area (Å²) in [6.45, 7) is 1.76. The van der Waals surface area contributed by atoms with Gasteiger partial charge in [-0.05, 0) is 18.9 Å². The number of benzene rings is 1. The smallest absolute Gasteiger partial charge is 0.276 e. The molecule has 0 bridgehead atoms. The van der Waals surface area contributed by atoms with E-state index >= 15 is 0 Å². The molecule has 2 aromatic heterocycles. The van der Waals surface area contributed by atoms with Crippen molar-refractivity contribution in [1.82, 2.24) is 34.6 Å². The van der Waals surface area contributed by atoms with Crippen molar-refractivity contribution in [2.24, 2.45) is 7.05 Å². The first kappa shape index (κ1) is 19.7. The Hall–Kier alpha value is -3.30. The van der Waals surface area contributed by atoms with Crippen molar-refractivity contribution >= 4 is 22.7 Å². The highest BCUT2D eigenvalue weighted by Crippen LogP contribution is 2.26. The fourth-order valence-corrected chi connectivity index (χ4v) is 4.57. The molecule has 5 rings (SSSR count). The van der Waals surface area contributed by atoms with Crippen LogP contribution in [0, 0.1) is 0 Å². The van der Waals surface area contributed by atoms with Crippen molar-refractivity contribution < 1.29 is 14.0 Å². The van der Waals surface area contributed by atoms with Crippen LogP contribution in [0.2, 0.25) is 0 Å². The minimum absolute atomic E-state index is 0.0165. The lowest BCUT2D eigenvalue weighted by atomic mass is 10.1. The second kappa shape index (κ2) is 7.75. The van der Waals surface area contributed by atoms with Crippen LogP contribution in [0.4, 0.5) is 4.39 Å². The summed E-state index contributed by atoms with van der Waals surface area (Å²) in [5.41, 5.74) is 1.45. The van der Waals surface area contributed by atoms with Gasteiger partial charge in [0.2, 0.25) is 0 Å².